The third-order valence-electron chi connectivity index (χ3n) is 3.27. The highest BCUT2D eigenvalue weighted by molar-refractivity contribution is 7.71. The van der Waals surface area contributed by atoms with E-state index < -0.39 is 0 Å². The van der Waals surface area contributed by atoms with Crippen molar-refractivity contribution in [3.63, 3.8) is 0 Å². The van der Waals surface area contributed by atoms with Crippen molar-refractivity contribution in [2.75, 3.05) is 13.6 Å². The molecule has 2 heterocycles. The number of hydrogen-bond donors (Lipinski definition) is 1. The molecular weight excluding hydrogens is 204 g/mol. The van der Waals surface area contributed by atoms with E-state index in [1.807, 2.05) is 0 Å². The summed E-state index contributed by atoms with van der Waals surface area (Å²) >= 11 is 5.17. The molecule has 2 nitrogen and oxygen atoms in total. The Balaban J connectivity index is 2.28. The number of nitrogens with one attached hydrogen (secondary N) is 1. The fourth-order valence-corrected chi connectivity index (χ4v) is 2.43. The van der Waals surface area contributed by atoms with Crippen molar-refractivity contribution < 1.29 is 0 Å². The standard InChI is InChI=1S/C12H18N2S/c1-9-7-10(8-13-12(9)15)11-5-3-4-6-14(11)2/h7-8,11H,3-6H2,1-2H3,(H,13,15)/t11-/m0/s1. The molecule has 1 fully saturated rings. The van der Waals surface area contributed by atoms with Gasteiger partial charge < -0.3 is 4.98 Å². The lowest BCUT2D eigenvalue weighted by molar-refractivity contribution is 0.187. The van der Waals surface area contributed by atoms with Crippen LogP contribution in [-0.2, 0) is 0 Å². The van der Waals surface area contributed by atoms with Crippen LogP contribution in [0.25, 0.3) is 0 Å². The first-order valence-electron chi connectivity index (χ1n) is 5.58. The maximum Gasteiger partial charge on any atom is 0.106 e. The van der Waals surface area contributed by atoms with Crippen LogP contribution in [-0.4, -0.2) is 23.5 Å². The van der Waals surface area contributed by atoms with E-state index in [-0.39, 0.29) is 0 Å². The smallest absolute Gasteiger partial charge is 0.106 e. The Hall–Kier alpha value is -0.670. The van der Waals surface area contributed by atoms with E-state index >= 15 is 0 Å². The first kappa shape index (κ1) is 10.8. The summed E-state index contributed by atoms with van der Waals surface area (Å²) in [4.78, 5) is 5.61. The summed E-state index contributed by atoms with van der Waals surface area (Å²) in [6.45, 7) is 3.28. The highest BCUT2D eigenvalue weighted by atomic mass is 32.1. The number of aromatic amines is 1. The minimum atomic E-state index is 0.573. The number of pyridine rings is 1. The average molecular weight is 222 g/mol. The van der Waals surface area contributed by atoms with Gasteiger partial charge in [0.25, 0.3) is 0 Å². The minimum Gasteiger partial charge on any atom is -0.352 e. The van der Waals surface area contributed by atoms with Crippen LogP contribution in [0.5, 0.6) is 0 Å². The van der Waals surface area contributed by atoms with Gasteiger partial charge in [0.2, 0.25) is 0 Å². The molecule has 1 aliphatic rings. The Labute approximate surface area is 96.3 Å². The molecule has 1 saturated heterocycles. The van der Waals surface area contributed by atoms with Crippen molar-refractivity contribution in [3.05, 3.63) is 28.0 Å². The molecule has 1 aliphatic heterocycles. The van der Waals surface area contributed by atoms with Crippen LogP contribution in [0.1, 0.15) is 36.4 Å². The Bertz CT molecular complexity index is 397. The van der Waals surface area contributed by atoms with E-state index in [1.165, 1.54) is 36.9 Å². The van der Waals surface area contributed by atoms with Crippen LogP contribution in [0.15, 0.2) is 12.3 Å². The van der Waals surface area contributed by atoms with Crippen LogP contribution in [0.4, 0.5) is 0 Å². The number of piperidine rings is 1. The lowest BCUT2D eigenvalue weighted by Crippen LogP contribution is -2.29. The molecule has 1 aromatic rings. The fraction of sp³-hybridized carbons (Fsp3) is 0.583. The first-order valence-corrected chi connectivity index (χ1v) is 5.99. The Kier molecular flexibility index (Phi) is 3.22. The number of nitrogens with zero attached hydrogens (tertiary/aromatic N) is 1. The van der Waals surface area contributed by atoms with Gasteiger partial charge in [0.15, 0.2) is 0 Å². The van der Waals surface area contributed by atoms with E-state index in [0.717, 1.165) is 4.64 Å². The van der Waals surface area contributed by atoms with Crippen LogP contribution in [0.3, 0.4) is 0 Å². The Morgan fingerprint density at radius 1 is 1.47 bits per heavy atom. The van der Waals surface area contributed by atoms with Crippen LogP contribution >= 0.6 is 12.2 Å². The molecule has 0 amide bonds. The number of aryl methyl sites for hydroxylation is 1. The quantitative estimate of drug-likeness (QED) is 0.736. The Morgan fingerprint density at radius 2 is 2.27 bits per heavy atom. The molecule has 0 aromatic carbocycles. The van der Waals surface area contributed by atoms with Gasteiger partial charge in [-0.05, 0) is 44.5 Å². The molecule has 0 saturated carbocycles. The van der Waals surface area contributed by atoms with E-state index in [1.54, 1.807) is 0 Å². The summed E-state index contributed by atoms with van der Waals surface area (Å²) in [7, 11) is 2.21. The predicted octanol–water partition coefficient (Wildman–Crippen LogP) is 3.21. The van der Waals surface area contributed by atoms with Crippen molar-refractivity contribution in [3.8, 4) is 0 Å². The molecule has 1 N–H and O–H groups in total. The molecule has 1 atom stereocenters. The lowest BCUT2D eigenvalue weighted by atomic mass is 9.96. The topological polar surface area (TPSA) is 19.0 Å². The van der Waals surface area contributed by atoms with Gasteiger partial charge in [-0.2, -0.15) is 0 Å². The highest BCUT2D eigenvalue weighted by Gasteiger charge is 2.20. The Morgan fingerprint density at radius 3 is 2.93 bits per heavy atom. The maximum atomic E-state index is 5.17. The third kappa shape index (κ3) is 2.29. The average Bonchev–Trinajstić information content (AvgIpc) is 2.23. The van der Waals surface area contributed by atoms with Gasteiger partial charge in [-0.3, -0.25) is 4.90 Å². The van der Waals surface area contributed by atoms with E-state index in [2.05, 4.69) is 36.1 Å². The summed E-state index contributed by atoms with van der Waals surface area (Å²) in [5.74, 6) is 0. The zero-order chi connectivity index (χ0) is 10.8. The van der Waals surface area contributed by atoms with E-state index in [0.29, 0.717) is 6.04 Å². The number of hydrogen-bond acceptors (Lipinski definition) is 2. The van der Waals surface area contributed by atoms with Gasteiger partial charge in [0.1, 0.15) is 4.64 Å². The molecule has 0 unspecified atom stereocenters. The lowest BCUT2D eigenvalue weighted by Gasteiger charge is -2.32. The number of aromatic nitrogens is 1. The van der Waals surface area contributed by atoms with Gasteiger partial charge in [0, 0.05) is 12.2 Å². The van der Waals surface area contributed by atoms with Crippen molar-refractivity contribution in [2.45, 2.75) is 32.2 Å². The molecule has 15 heavy (non-hydrogen) atoms. The summed E-state index contributed by atoms with van der Waals surface area (Å²) in [6.07, 6.45) is 6.00. The predicted molar refractivity (Wildman–Crippen MR) is 65.6 cm³/mol. The summed E-state index contributed by atoms with van der Waals surface area (Å²) < 4.78 is 0.859. The van der Waals surface area contributed by atoms with Crippen molar-refractivity contribution in [2.24, 2.45) is 0 Å². The largest absolute Gasteiger partial charge is 0.352 e. The van der Waals surface area contributed by atoms with Gasteiger partial charge in [-0.1, -0.05) is 24.7 Å². The summed E-state index contributed by atoms with van der Waals surface area (Å²) in [5.41, 5.74) is 2.56. The molecule has 82 valence electrons. The molecule has 2 rings (SSSR count). The molecular formula is C12H18N2S. The van der Waals surface area contributed by atoms with Gasteiger partial charge in [-0.25, -0.2) is 0 Å². The second-order valence-electron chi connectivity index (χ2n) is 4.44. The molecule has 0 aliphatic carbocycles. The monoisotopic (exact) mass is 222 g/mol. The SMILES string of the molecule is Cc1cc([C@@H]2CCCCN2C)c[nH]c1=S. The third-order valence-corrected chi connectivity index (χ3v) is 3.71. The zero-order valence-corrected chi connectivity index (χ0v) is 10.2. The van der Waals surface area contributed by atoms with Crippen LogP contribution in [0, 0.1) is 11.6 Å². The van der Waals surface area contributed by atoms with Crippen molar-refractivity contribution in [1.82, 2.24) is 9.88 Å². The molecule has 0 radical (unpaired) electrons. The number of H-pyrrole nitrogens is 1. The van der Waals surface area contributed by atoms with Gasteiger partial charge in [-0.15, -0.1) is 0 Å². The first-order chi connectivity index (χ1) is 7.18. The number of likely N-dealkylation sites (tertiary alicyclic amines) is 1. The van der Waals surface area contributed by atoms with Gasteiger partial charge >= 0.3 is 0 Å². The summed E-state index contributed by atoms with van der Waals surface area (Å²) in [6, 6.07) is 2.80. The number of rotatable bonds is 1. The molecule has 0 spiro atoms. The molecule has 1 aromatic heterocycles. The van der Waals surface area contributed by atoms with Crippen LogP contribution < -0.4 is 0 Å². The zero-order valence-electron chi connectivity index (χ0n) is 9.42. The van der Waals surface area contributed by atoms with Crippen LogP contribution in [0.2, 0.25) is 0 Å². The molecule has 0 bridgehead atoms. The van der Waals surface area contributed by atoms with E-state index in [9.17, 15) is 0 Å². The second-order valence-corrected chi connectivity index (χ2v) is 4.85. The highest BCUT2D eigenvalue weighted by Crippen LogP contribution is 2.29. The van der Waals surface area contributed by atoms with E-state index in [4.69, 9.17) is 12.2 Å². The molecule has 3 heteroatoms. The minimum absolute atomic E-state index is 0.573. The normalized spacial score (nSPS) is 22.9. The summed E-state index contributed by atoms with van der Waals surface area (Å²) in [5, 5.41) is 0. The van der Waals surface area contributed by atoms with Crippen molar-refractivity contribution in [1.29, 1.82) is 0 Å². The van der Waals surface area contributed by atoms with Crippen molar-refractivity contribution >= 4 is 12.2 Å². The maximum absolute atomic E-state index is 5.17. The fourth-order valence-electron chi connectivity index (χ4n) is 2.31. The van der Waals surface area contributed by atoms with Gasteiger partial charge in [0.05, 0.1) is 0 Å². The second kappa shape index (κ2) is 4.45.